The number of nitro benzene ring substituents is 2. The van der Waals surface area contributed by atoms with Gasteiger partial charge in [-0.15, -0.1) is 0 Å². The van der Waals surface area contributed by atoms with Gasteiger partial charge in [-0.05, 0) is 55.7 Å². The lowest BCUT2D eigenvalue weighted by atomic mass is 10.3. The molecule has 0 spiro atoms. The van der Waals surface area contributed by atoms with E-state index in [-0.39, 0.29) is 11.4 Å². The molecule has 0 amide bonds. The Morgan fingerprint density at radius 3 is 1.29 bits per heavy atom. The summed E-state index contributed by atoms with van der Waals surface area (Å²) in [5.74, 6) is 0. The lowest BCUT2D eigenvalue weighted by Crippen LogP contribution is -1.86. The molecule has 2 rings (SSSR count). The van der Waals surface area contributed by atoms with Gasteiger partial charge in [0.15, 0.2) is 0 Å². The molecule has 9 heteroatoms. The molecule has 0 aliphatic carbocycles. The van der Waals surface area contributed by atoms with E-state index >= 15 is 0 Å². The molecule has 0 heterocycles. The van der Waals surface area contributed by atoms with Crippen molar-refractivity contribution in [2.45, 2.75) is 9.79 Å². The van der Waals surface area contributed by atoms with Gasteiger partial charge < -0.3 is 0 Å². The molecule has 0 saturated heterocycles. The van der Waals surface area contributed by atoms with E-state index in [1.54, 1.807) is 24.3 Å². The maximum Gasteiger partial charge on any atom is 0.269 e. The summed E-state index contributed by atoms with van der Waals surface area (Å²) in [4.78, 5) is 22.0. The molecule has 0 bridgehead atoms. The molecule has 6 nitrogen and oxygen atoms in total. The largest absolute Gasteiger partial charge is 0.269 e. The van der Waals surface area contributed by atoms with Gasteiger partial charge in [0, 0.05) is 34.1 Å². The summed E-state index contributed by atoms with van der Waals surface area (Å²) in [5.41, 5.74) is 0.125. The lowest BCUT2D eigenvalue weighted by molar-refractivity contribution is -0.385. The Labute approximate surface area is 131 Å². The zero-order valence-electron chi connectivity index (χ0n) is 10.4. The van der Waals surface area contributed by atoms with Gasteiger partial charge in [0.1, 0.15) is 0 Å². The molecular formula is C12H8N2O4S3. The lowest BCUT2D eigenvalue weighted by Gasteiger charge is -2.00. The van der Waals surface area contributed by atoms with Crippen LogP contribution in [0.3, 0.4) is 0 Å². The van der Waals surface area contributed by atoms with E-state index in [9.17, 15) is 20.2 Å². The summed E-state index contributed by atoms with van der Waals surface area (Å²) in [7, 11) is 4.42. The van der Waals surface area contributed by atoms with Gasteiger partial charge in [0.2, 0.25) is 0 Å². The van der Waals surface area contributed by atoms with E-state index in [4.69, 9.17) is 0 Å². The first kappa shape index (κ1) is 15.7. The van der Waals surface area contributed by atoms with Gasteiger partial charge in [-0.1, -0.05) is 0 Å². The third kappa shape index (κ3) is 4.66. The number of benzene rings is 2. The minimum atomic E-state index is -0.437. The van der Waals surface area contributed by atoms with Crippen molar-refractivity contribution in [3.05, 3.63) is 68.8 Å². The van der Waals surface area contributed by atoms with Crippen LogP contribution in [-0.2, 0) is 0 Å². The highest BCUT2D eigenvalue weighted by Crippen LogP contribution is 2.44. The second-order valence-electron chi connectivity index (χ2n) is 3.74. The van der Waals surface area contributed by atoms with E-state index in [2.05, 4.69) is 0 Å². The number of non-ortho nitro benzene ring substituents is 2. The van der Waals surface area contributed by atoms with E-state index in [1.807, 2.05) is 0 Å². The fourth-order valence-corrected chi connectivity index (χ4v) is 4.99. The van der Waals surface area contributed by atoms with Crippen molar-refractivity contribution in [1.82, 2.24) is 0 Å². The van der Waals surface area contributed by atoms with E-state index in [0.29, 0.717) is 0 Å². The maximum absolute atomic E-state index is 10.5. The summed E-state index contributed by atoms with van der Waals surface area (Å²) in [6.45, 7) is 0. The van der Waals surface area contributed by atoms with Crippen LogP contribution in [0.15, 0.2) is 58.3 Å². The molecular weight excluding hydrogens is 332 g/mol. The molecule has 0 unspecified atom stereocenters. The predicted molar refractivity (Wildman–Crippen MR) is 85.5 cm³/mol. The normalized spacial score (nSPS) is 10.3. The zero-order valence-corrected chi connectivity index (χ0v) is 12.8. The van der Waals surface area contributed by atoms with Gasteiger partial charge in [0.25, 0.3) is 11.4 Å². The minimum Gasteiger partial charge on any atom is -0.258 e. The van der Waals surface area contributed by atoms with E-state index < -0.39 is 9.85 Å². The fraction of sp³-hybridized carbons (Fsp3) is 0. The highest BCUT2D eigenvalue weighted by Gasteiger charge is 2.06. The molecule has 0 radical (unpaired) electrons. The van der Waals surface area contributed by atoms with Crippen LogP contribution in [0.25, 0.3) is 0 Å². The van der Waals surface area contributed by atoms with Crippen LogP contribution >= 0.6 is 31.4 Å². The molecule has 21 heavy (non-hydrogen) atoms. The Bertz CT molecular complexity index is 589. The Morgan fingerprint density at radius 2 is 1.00 bits per heavy atom. The quantitative estimate of drug-likeness (QED) is 0.417. The van der Waals surface area contributed by atoms with Crippen LogP contribution in [0.5, 0.6) is 0 Å². The monoisotopic (exact) mass is 340 g/mol. The van der Waals surface area contributed by atoms with E-state index in [1.165, 1.54) is 55.7 Å². The average Bonchev–Trinajstić information content (AvgIpc) is 2.48. The van der Waals surface area contributed by atoms with Crippen molar-refractivity contribution in [1.29, 1.82) is 0 Å². The Kier molecular flexibility index (Phi) is 5.48. The molecule has 0 N–H and O–H groups in total. The molecule has 0 aromatic heterocycles. The minimum absolute atomic E-state index is 0.0624. The first-order chi connectivity index (χ1) is 10.1. The highest BCUT2D eigenvalue weighted by atomic mass is 33.5. The van der Waals surface area contributed by atoms with Gasteiger partial charge >= 0.3 is 0 Å². The third-order valence-corrected chi connectivity index (χ3v) is 6.21. The molecule has 2 aromatic rings. The number of rotatable bonds is 6. The third-order valence-electron chi connectivity index (χ3n) is 2.36. The number of nitrogens with zero attached hydrogens (tertiary/aromatic N) is 2. The predicted octanol–water partition coefficient (Wildman–Crippen LogP) is 4.95. The van der Waals surface area contributed by atoms with Gasteiger partial charge in [0.05, 0.1) is 9.85 Å². The summed E-state index contributed by atoms with van der Waals surface area (Å²) >= 11 is 0. The Hall–Kier alpha value is -1.71. The van der Waals surface area contributed by atoms with Crippen LogP contribution in [0.4, 0.5) is 11.4 Å². The summed E-state index contributed by atoms with van der Waals surface area (Å²) in [6.07, 6.45) is 0. The Balaban J connectivity index is 1.86. The SMILES string of the molecule is O=[N+]([O-])c1ccc(SSSc2ccc([N+](=O)[O-])cc2)cc1. The van der Waals surface area contributed by atoms with Crippen molar-refractivity contribution in [3.63, 3.8) is 0 Å². The topological polar surface area (TPSA) is 86.3 Å². The standard InChI is InChI=1S/C12H8N2O4S3/c15-13(16)9-1-5-11(6-2-9)19-21-20-12-7-3-10(4-8-12)14(17)18/h1-8H. The van der Waals surface area contributed by atoms with Crippen molar-refractivity contribution in [3.8, 4) is 0 Å². The molecule has 2 aromatic carbocycles. The number of hydrogen-bond donors (Lipinski definition) is 0. The molecule has 0 aliphatic heterocycles. The smallest absolute Gasteiger partial charge is 0.258 e. The average molecular weight is 340 g/mol. The van der Waals surface area contributed by atoms with Crippen LogP contribution in [0.1, 0.15) is 0 Å². The van der Waals surface area contributed by atoms with Gasteiger partial charge in [-0.3, -0.25) is 20.2 Å². The molecule has 0 atom stereocenters. The summed E-state index contributed by atoms with van der Waals surface area (Å²) < 4.78 is 0. The molecule has 108 valence electrons. The van der Waals surface area contributed by atoms with Crippen LogP contribution < -0.4 is 0 Å². The van der Waals surface area contributed by atoms with Crippen LogP contribution in [-0.4, -0.2) is 9.85 Å². The number of nitro groups is 2. The number of hydrogen-bond acceptors (Lipinski definition) is 7. The molecule has 0 aliphatic rings. The second-order valence-corrected chi connectivity index (χ2v) is 7.78. The van der Waals surface area contributed by atoms with Crippen molar-refractivity contribution < 1.29 is 9.85 Å². The molecule has 0 saturated carbocycles. The van der Waals surface area contributed by atoms with Gasteiger partial charge in [-0.25, -0.2) is 0 Å². The second kappa shape index (κ2) is 7.34. The van der Waals surface area contributed by atoms with Crippen molar-refractivity contribution >= 4 is 42.8 Å². The van der Waals surface area contributed by atoms with Crippen molar-refractivity contribution in [2.75, 3.05) is 0 Å². The van der Waals surface area contributed by atoms with Crippen molar-refractivity contribution in [2.24, 2.45) is 0 Å². The fourth-order valence-electron chi connectivity index (χ4n) is 1.34. The maximum atomic E-state index is 10.5. The van der Waals surface area contributed by atoms with Gasteiger partial charge in [-0.2, -0.15) is 0 Å². The zero-order chi connectivity index (χ0) is 15.2. The van der Waals surface area contributed by atoms with Crippen LogP contribution in [0.2, 0.25) is 0 Å². The van der Waals surface area contributed by atoms with E-state index in [0.717, 1.165) is 9.79 Å². The molecule has 0 fully saturated rings. The summed E-state index contributed by atoms with van der Waals surface area (Å²) in [5, 5.41) is 21.1. The Morgan fingerprint density at radius 1 is 0.667 bits per heavy atom. The summed E-state index contributed by atoms with van der Waals surface area (Å²) in [6, 6.07) is 12.6. The highest BCUT2D eigenvalue weighted by molar-refractivity contribution is 9.09. The first-order valence-corrected chi connectivity index (χ1v) is 9.04. The first-order valence-electron chi connectivity index (χ1n) is 5.56. The van der Waals surface area contributed by atoms with Crippen LogP contribution in [0, 0.1) is 20.2 Å².